The number of likely N-dealkylation sites (N-methyl/N-ethyl adjacent to an activating group) is 1. The summed E-state index contributed by atoms with van der Waals surface area (Å²) >= 11 is 6.10. The molecule has 10 heteroatoms. The summed E-state index contributed by atoms with van der Waals surface area (Å²) in [5.41, 5.74) is 9.83. The number of anilines is 1. The van der Waals surface area contributed by atoms with Gasteiger partial charge in [0.05, 0.1) is 13.1 Å². The minimum Gasteiger partial charge on any atom is -0.329 e. The number of halogens is 3. The molecule has 0 unspecified atom stereocenters. The molecular formula is C22H30Cl3N5O2. The maximum atomic E-state index is 12.8. The molecule has 0 atom stereocenters. The first-order valence-corrected chi connectivity index (χ1v) is 10.3. The zero-order valence-electron chi connectivity index (χ0n) is 18.2. The van der Waals surface area contributed by atoms with Crippen LogP contribution in [0.3, 0.4) is 0 Å². The van der Waals surface area contributed by atoms with Gasteiger partial charge in [-0.3, -0.25) is 19.9 Å². The summed E-state index contributed by atoms with van der Waals surface area (Å²) in [5.74, 6) is -0.255. The van der Waals surface area contributed by atoms with Gasteiger partial charge in [0.25, 0.3) is 5.91 Å². The molecule has 1 aliphatic rings. The van der Waals surface area contributed by atoms with Gasteiger partial charge in [-0.1, -0.05) is 41.9 Å². The van der Waals surface area contributed by atoms with Crippen molar-refractivity contribution in [2.24, 2.45) is 5.73 Å². The zero-order chi connectivity index (χ0) is 21.7. The number of benzene rings is 2. The highest BCUT2D eigenvalue weighted by molar-refractivity contribution is 6.31. The van der Waals surface area contributed by atoms with E-state index in [4.69, 9.17) is 17.3 Å². The number of nitrogens with zero attached hydrogens (tertiary/aromatic N) is 3. The number of carbonyl (C=O) groups is 2. The Labute approximate surface area is 206 Å². The molecule has 2 amide bonds. The smallest absolute Gasteiger partial charge is 0.250 e. The topological polar surface area (TPSA) is 81.9 Å². The average Bonchev–Trinajstić information content (AvgIpc) is 3.17. The van der Waals surface area contributed by atoms with Crippen molar-refractivity contribution in [2.75, 3.05) is 38.1 Å². The van der Waals surface area contributed by atoms with Crippen LogP contribution in [0.1, 0.15) is 16.7 Å². The molecule has 2 aromatic carbocycles. The maximum absolute atomic E-state index is 12.8. The number of rotatable bonds is 8. The number of hydrogen-bond acceptors (Lipinski definition) is 5. The molecule has 0 bridgehead atoms. The Morgan fingerprint density at radius 3 is 2.25 bits per heavy atom. The van der Waals surface area contributed by atoms with E-state index in [1.807, 2.05) is 30.1 Å². The average molecular weight is 503 g/mol. The van der Waals surface area contributed by atoms with Crippen molar-refractivity contribution in [1.29, 1.82) is 0 Å². The van der Waals surface area contributed by atoms with Crippen molar-refractivity contribution in [3.8, 4) is 0 Å². The highest BCUT2D eigenvalue weighted by Gasteiger charge is 2.25. The van der Waals surface area contributed by atoms with Gasteiger partial charge in [0.2, 0.25) is 5.91 Å². The Morgan fingerprint density at radius 1 is 1.06 bits per heavy atom. The minimum absolute atomic E-state index is 0. The van der Waals surface area contributed by atoms with Gasteiger partial charge in [-0.05, 0) is 35.7 Å². The van der Waals surface area contributed by atoms with Crippen LogP contribution >= 0.6 is 36.4 Å². The zero-order valence-corrected chi connectivity index (χ0v) is 20.6. The van der Waals surface area contributed by atoms with Gasteiger partial charge in [-0.2, -0.15) is 0 Å². The number of hydrogen-bond donors (Lipinski definition) is 2. The fourth-order valence-corrected chi connectivity index (χ4v) is 3.72. The molecule has 1 aliphatic heterocycles. The predicted octanol–water partition coefficient (Wildman–Crippen LogP) is 2.76. The summed E-state index contributed by atoms with van der Waals surface area (Å²) < 4.78 is 0. The third kappa shape index (κ3) is 6.81. The molecule has 0 saturated heterocycles. The van der Waals surface area contributed by atoms with E-state index in [0.717, 1.165) is 11.3 Å². The number of carbonyl (C=O) groups excluding carboxylic acids is 2. The number of fused-ring (bicyclic) bond motifs is 1. The molecule has 3 N–H and O–H groups in total. The molecule has 0 saturated carbocycles. The second-order valence-electron chi connectivity index (χ2n) is 7.38. The van der Waals surface area contributed by atoms with Crippen molar-refractivity contribution >= 4 is 53.9 Å². The van der Waals surface area contributed by atoms with Crippen LogP contribution < -0.4 is 16.0 Å². The van der Waals surface area contributed by atoms with E-state index in [-0.39, 0.29) is 49.7 Å². The third-order valence-corrected chi connectivity index (χ3v) is 5.51. The second kappa shape index (κ2) is 13.0. The van der Waals surface area contributed by atoms with Crippen LogP contribution in [0.4, 0.5) is 5.69 Å². The fraction of sp³-hybridized carbons (Fsp3) is 0.364. The van der Waals surface area contributed by atoms with E-state index in [9.17, 15) is 9.59 Å². The number of hydrazine groups is 1. The van der Waals surface area contributed by atoms with Crippen molar-refractivity contribution in [1.82, 2.24) is 15.3 Å². The quantitative estimate of drug-likeness (QED) is 0.580. The molecule has 0 aromatic heterocycles. The van der Waals surface area contributed by atoms with Crippen LogP contribution in [0.2, 0.25) is 5.02 Å². The predicted molar refractivity (Wildman–Crippen MR) is 133 cm³/mol. The van der Waals surface area contributed by atoms with Crippen LogP contribution in [0.25, 0.3) is 0 Å². The van der Waals surface area contributed by atoms with E-state index in [1.165, 1.54) is 11.1 Å². The van der Waals surface area contributed by atoms with Crippen LogP contribution in [0.15, 0.2) is 42.5 Å². The lowest BCUT2D eigenvalue weighted by Gasteiger charge is -2.28. The lowest BCUT2D eigenvalue weighted by molar-refractivity contribution is -0.145. The third-order valence-electron chi connectivity index (χ3n) is 5.28. The fourth-order valence-electron chi connectivity index (χ4n) is 3.55. The van der Waals surface area contributed by atoms with Gasteiger partial charge in [0.15, 0.2) is 0 Å². The summed E-state index contributed by atoms with van der Waals surface area (Å²) in [5, 5.41) is 7.14. The van der Waals surface area contributed by atoms with Gasteiger partial charge in [0, 0.05) is 43.9 Å². The summed E-state index contributed by atoms with van der Waals surface area (Å²) in [7, 11) is 1.76. The van der Waals surface area contributed by atoms with Gasteiger partial charge >= 0.3 is 0 Å². The van der Waals surface area contributed by atoms with Gasteiger partial charge in [0.1, 0.15) is 0 Å². The molecule has 176 valence electrons. The number of nitrogens with two attached hydrogens (primary N) is 1. The summed E-state index contributed by atoms with van der Waals surface area (Å²) in [6.07, 6.45) is 0. The van der Waals surface area contributed by atoms with E-state index in [0.29, 0.717) is 31.2 Å². The number of amides is 2. The molecule has 7 nitrogen and oxygen atoms in total. The van der Waals surface area contributed by atoms with Gasteiger partial charge < -0.3 is 10.6 Å². The van der Waals surface area contributed by atoms with E-state index < -0.39 is 0 Å². The molecule has 0 aliphatic carbocycles. The van der Waals surface area contributed by atoms with Crippen molar-refractivity contribution in [3.05, 3.63) is 64.2 Å². The van der Waals surface area contributed by atoms with Gasteiger partial charge in [-0.15, -0.1) is 24.8 Å². The van der Waals surface area contributed by atoms with Crippen LogP contribution in [-0.4, -0.2) is 55.1 Å². The van der Waals surface area contributed by atoms with Crippen molar-refractivity contribution in [3.63, 3.8) is 0 Å². The lowest BCUT2D eigenvalue weighted by atomic mass is 10.1. The second-order valence-corrected chi connectivity index (χ2v) is 7.81. The van der Waals surface area contributed by atoms with Crippen molar-refractivity contribution in [2.45, 2.75) is 20.0 Å². The lowest BCUT2D eigenvalue weighted by Crippen LogP contribution is -2.47. The standard InChI is InChI=1S/C22H28ClN5O2.2ClH/c1-16-7-8-19(23)11-20(16)28(10-9-24)22(30)13-25-12-21(29)26(2)27-14-17-5-3-4-6-18(17)15-27;;/h3-8,11,25H,9-10,12-15,24H2,1-2H3;2*1H. The summed E-state index contributed by atoms with van der Waals surface area (Å²) in [6, 6.07) is 13.6. The molecule has 0 radical (unpaired) electrons. The maximum Gasteiger partial charge on any atom is 0.250 e. The normalized spacial score (nSPS) is 12.4. The highest BCUT2D eigenvalue weighted by Crippen LogP contribution is 2.25. The van der Waals surface area contributed by atoms with Gasteiger partial charge in [-0.25, -0.2) is 5.01 Å². The first kappa shape index (κ1) is 28.2. The van der Waals surface area contributed by atoms with Crippen LogP contribution in [0.5, 0.6) is 0 Å². The Bertz CT molecular complexity index is 903. The molecule has 32 heavy (non-hydrogen) atoms. The molecule has 2 aromatic rings. The SMILES string of the molecule is Cc1ccc(Cl)cc1N(CCN)C(=O)CNCC(=O)N(C)N1Cc2ccccc2C1.Cl.Cl. The van der Waals surface area contributed by atoms with E-state index >= 15 is 0 Å². The van der Waals surface area contributed by atoms with Crippen LogP contribution in [-0.2, 0) is 22.7 Å². The first-order chi connectivity index (χ1) is 14.4. The minimum atomic E-state index is -0.158. The van der Waals surface area contributed by atoms with Crippen LogP contribution in [0, 0.1) is 6.92 Å². The first-order valence-electron chi connectivity index (χ1n) is 9.96. The van der Waals surface area contributed by atoms with E-state index in [1.54, 1.807) is 29.1 Å². The number of nitrogens with one attached hydrogen (secondary N) is 1. The van der Waals surface area contributed by atoms with Crippen molar-refractivity contribution < 1.29 is 9.59 Å². The number of aryl methyl sites for hydroxylation is 1. The van der Waals surface area contributed by atoms with E-state index in [2.05, 4.69) is 17.4 Å². The highest BCUT2D eigenvalue weighted by atomic mass is 35.5. The largest absolute Gasteiger partial charge is 0.329 e. The monoisotopic (exact) mass is 501 g/mol. The Kier molecular flexibility index (Phi) is 11.4. The molecule has 1 heterocycles. The molecule has 0 spiro atoms. The Hall–Kier alpha value is -1.87. The summed E-state index contributed by atoms with van der Waals surface area (Å²) in [4.78, 5) is 27.0. The molecule has 3 rings (SSSR count). The molecule has 0 fully saturated rings. The Balaban J connectivity index is 0.00000256. The molecular weight excluding hydrogens is 473 g/mol. The summed E-state index contributed by atoms with van der Waals surface area (Å²) in [6.45, 7) is 4.13. The Morgan fingerprint density at radius 2 is 1.66 bits per heavy atom.